The summed E-state index contributed by atoms with van der Waals surface area (Å²) >= 11 is 0. The number of aromatic nitrogens is 1. The summed E-state index contributed by atoms with van der Waals surface area (Å²) in [5, 5.41) is 2.68. The Labute approximate surface area is 112 Å². The lowest BCUT2D eigenvalue weighted by Gasteiger charge is -2.17. The molecule has 6 nitrogen and oxygen atoms in total. The Morgan fingerprint density at radius 2 is 2.00 bits per heavy atom. The van der Waals surface area contributed by atoms with Crippen molar-refractivity contribution < 1.29 is 14.3 Å². The zero-order valence-electron chi connectivity index (χ0n) is 11.5. The molecule has 1 aromatic rings. The van der Waals surface area contributed by atoms with Gasteiger partial charge < -0.3 is 19.4 Å². The number of hydrogen-bond donors (Lipinski definition) is 1. The van der Waals surface area contributed by atoms with E-state index in [1.165, 1.54) is 10.6 Å². The SMILES string of the molecule is CCOC(CNC(=O)c1ccn(C)c(=O)c1)OCC. The second-order valence-corrected chi connectivity index (χ2v) is 3.91. The first-order chi connectivity index (χ1) is 9.08. The number of rotatable bonds is 7. The maximum Gasteiger partial charge on any atom is 0.251 e. The third kappa shape index (κ3) is 4.84. The van der Waals surface area contributed by atoms with Crippen LogP contribution in [0.15, 0.2) is 23.1 Å². The molecule has 106 valence electrons. The van der Waals surface area contributed by atoms with Gasteiger partial charge in [0.15, 0.2) is 6.29 Å². The van der Waals surface area contributed by atoms with Crippen LogP contribution in [0.25, 0.3) is 0 Å². The van der Waals surface area contributed by atoms with E-state index in [0.717, 1.165) is 0 Å². The summed E-state index contributed by atoms with van der Waals surface area (Å²) in [5.41, 5.74) is 0.105. The van der Waals surface area contributed by atoms with E-state index in [1.54, 1.807) is 19.3 Å². The number of aryl methyl sites for hydroxylation is 1. The third-order valence-corrected chi connectivity index (χ3v) is 2.50. The van der Waals surface area contributed by atoms with Gasteiger partial charge in [-0.1, -0.05) is 0 Å². The predicted octanol–water partition coefficient (Wildman–Crippen LogP) is 0.514. The Morgan fingerprint density at radius 1 is 1.37 bits per heavy atom. The van der Waals surface area contributed by atoms with E-state index in [0.29, 0.717) is 18.8 Å². The van der Waals surface area contributed by atoms with Crippen LogP contribution in [0.3, 0.4) is 0 Å². The molecule has 1 N–H and O–H groups in total. The molecule has 19 heavy (non-hydrogen) atoms. The van der Waals surface area contributed by atoms with Gasteiger partial charge in [-0.05, 0) is 19.9 Å². The molecule has 0 unspecified atom stereocenters. The Morgan fingerprint density at radius 3 is 2.53 bits per heavy atom. The number of nitrogens with zero attached hydrogens (tertiary/aromatic N) is 1. The van der Waals surface area contributed by atoms with Gasteiger partial charge in [-0.3, -0.25) is 9.59 Å². The molecule has 0 saturated carbocycles. The van der Waals surface area contributed by atoms with Crippen molar-refractivity contribution in [3.8, 4) is 0 Å². The molecule has 0 fully saturated rings. The Bertz CT molecular complexity index is 464. The van der Waals surface area contributed by atoms with Crippen LogP contribution in [-0.4, -0.2) is 36.5 Å². The van der Waals surface area contributed by atoms with Crippen molar-refractivity contribution in [2.24, 2.45) is 7.05 Å². The summed E-state index contributed by atoms with van der Waals surface area (Å²) < 4.78 is 12.0. The fourth-order valence-electron chi connectivity index (χ4n) is 1.51. The van der Waals surface area contributed by atoms with Gasteiger partial charge in [0.05, 0.1) is 6.54 Å². The Hall–Kier alpha value is -1.66. The van der Waals surface area contributed by atoms with Gasteiger partial charge in [-0.15, -0.1) is 0 Å². The molecule has 0 aliphatic rings. The number of pyridine rings is 1. The zero-order chi connectivity index (χ0) is 14.3. The average Bonchev–Trinajstić information content (AvgIpc) is 2.39. The second kappa shape index (κ2) is 7.70. The Balaban J connectivity index is 2.58. The van der Waals surface area contributed by atoms with Gasteiger partial charge in [0.1, 0.15) is 0 Å². The number of carbonyl (C=O) groups is 1. The molecule has 6 heteroatoms. The van der Waals surface area contributed by atoms with E-state index < -0.39 is 6.29 Å². The molecule has 0 aliphatic carbocycles. The summed E-state index contributed by atoms with van der Waals surface area (Å²) in [6.07, 6.45) is 1.09. The van der Waals surface area contributed by atoms with Crippen molar-refractivity contribution in [1.82, 2.24) is 9.88 Å². The summed E-state index contributed by atoms with van der Waals surface area (Å²) in [6.45, 7) is 4.97. The van der Waals surface area contributed by atoms with E-state index in [9.17, 15) is 9.59 Å². The minimum Gasteiger partial charge on any atom is -0.351 e. The minimum absolute atomic E-state index is 0.223. The fourth-order valence-corrected chi connectivity index (χ4v) is 1.51. The van der Waals surface area contributed by atoms with Crippen molar-refractivity contribution in [2.45, 2.75) is 20.1 Å². The number of ether oxygens (including phenoxy) is 2. The quantitative estimate of drug-likeness (QED) is 0.732. The molecule has 0 aliphatic heterocycles. The van der Waals surface area contributed by atoms with Gasteiger partial charge in [0, 0.05) is 38.1 Å². The topological polar surface area (TPSA) is 69.6 Å². The standard InChI is InChI=1S/C13H20N2O4/c1-4-18-12(19-5-2)9-14-13(17)10-6-7-15(3)11(16)8-10/h6-8,12H,4-5,9H2,1-3H3,(H,14,17). The number of hydrogen-bond acceptors (Lipinski definition) is 4. The summed E-state index contributed by atoms with van der Waals surface area (Å²) in [6, 6.07) is 2.89. The Kier molecular flexibility index (Phi) is 6.24. The van der Waals surface area contributed by atoms with Crippen molar-refractivity contribution in [3.05, 3.63) is 34.2 Å². The predicted molar refractivity (Wildman–Crippen MR) is 71.1 cm³/mol. The first-order valence-electron chi connectivity index (χ1n) is 6.26. The molecule has 1 rings (SSSR count). The number of carbonyl (C=O) groups excluding carboxylic acids is 1. The molecule has 0 radical (unpaired) electrons. The summed E-state index contributed by atoms with van der Waals surface area (Å²) in [7, 11) is 1.63. The molecular weight excluding hydrogens is 248 g/mol. The first kappa shape index (κ1) is 15.4. The fraction of sp³-hybridized carbons (Fsp3) is 0.538. The highest BCUT2D eigenvalue weighted by molar-refractivity contribution is 5.93. The van der Waals surface area contributed by atoms with E-state index in [1.807, 2.05) is 13.8 Å². The molecule has 0 bridgehead atoms. The molecule has 0 spiro atoms. The van der Waals surface area contributed by atoms with Crippen LogP contribution in [0.1, 0.15) is 24.2 Å². The lowest BCUT2D eigenvalue weighted by molar-refractivity contribution is -0.131. The lowest BCUT2D eigenvalue weighted by Crippen LogP contribution is -2.36. The van der Waals surface area contributed by atoms with E-state index in [4.69, 9.17) is 9.47 Å². The summed E-state index contributed by atoms with van der Waals surface area (Å²) in [4.78, 5) is 23.3. The maximum atomic E-state index is 11.9. The molecule has 1 amide bonds. The van der Waals surface area contributed by atoms with Gasteiger partial charge in [-0.2, -0.15) is 0 Å². The highest BCUT2D eigenvalue weighted by atomic mass is 16.7. The van der Waals surface area contributed by atoms with Crippen molar-refractivity contribution in [3.63, 3.8) is 0 Å². The van der Waals surface area contributed by atoms with Crippen LogP contribution in [0.5, 0.6) is 0 Å². The van der Waals surface area contributed by atoms with E-state index in [2.05, 4.69) is 5.32 Å². The van der Waals surface area contributed by atoms with Crippen LogP contribution in [0, 0.1) is 0 Å². The molecule has 1 heterocycles. The molecule has 0 atom stereocenters. The van der Waals surface area contributed by atoms with E-state index >= 15 is 0 Å². The monoisotopic (exact) mass is 268 g/mol. The number of nitrogens with one attached hydrogen (secondary N) is 1. The maximum absolute atomic E-state index is 11.9. The third-order valence-electron chi connectivity index (χ3n) is 2.50. The highest BCUT2D eigenvalue weighted by Gasteiger charge is 2.11. The van der Waals surface area contributed by atoms with Gasteiger partial charge in [-0.25, -0.2) is 0 Å². The lowest BCUT2D eigenvalue weighted by atomic mass is 10.2. The largest absolute Gasteiger partial charge is 0.351 e. The van der Waals surface area contributed by atoms with E-state index in [-0.39, 0.29) is 18.0 Å². The summed E-state index contributed by atoms with van der Waals surface area (Å²) in [5.74, 6) is -0.317. The average molecular weight is 268 g/mol. The van der Waals surface area contributed by atoms with Crippen LogP contribution in [0.4, 0.5) is 0 Å². The van der Waals surface area contributed by atoms with Gasteiger partial charge in [0.25, 0.3) is 11.5 Å². The molecule has 0 aromatic carbocycles. The van der Waals surface area contributed by atoms with Crippen LogP contribution in [-0.2, 0) is 16.5 Å². The molecule has 1 aromatic heterocycles. The van der Waals surface area contributed by atoms with Crippen molar-refractivity contribution in [1.29, 1.82) is 0 Å². The highest BCUT2D eigenvalue weighted by Crippen LogP contribution is 1.97. The molecular formula is C13H20N2O4. The van der Waals surface area contributed by atoms with Gasteiger partial charge in [0.2, 0.25) is 0 Å². The van der Waals surface area contributed by atoms with Crippen LogP contribution in [0.2, 0.25) is 0 Å². The normalized spacial score (nSPS) is 10.7. The van der Waals surface area contributed by atoms with Crippen molar-refractivity contribution in [2.75, 3.05) is 19.8 Å². The van der Waals surface area contributed by atoms with Gasteiger partial charge >= 0.3 is 0 Å². The van der Waals surface area contributed by atoms with Crippen molar-refractivity contribution >= 4 is 5.91 Å². The zero-order valence-corrected chi connectivity index (χ0v) is 11.5. The van der Waals surface area contributed by atoms with Crippen LogP contribution >= 0.6 is 0 Å². The first-order valence-corrected chi connectivity index (χ1v) is 6.26. The minimum atomic E-state index is -0.467. The molecule has 0 saturated heterocycles. The smallest absolute Gasteiger partial charge is 0.251 e. The second-order valence-electron chi connectivity index (χ2n) is 3.91. The van der Waals surface area contributed by atoms with Crippen LogP contribution < -0.4 is 10.9 Å². The number of amides is 1.